The summed E-state index contributed by atoms with van der Waals surface area (Å²) in [5.74, 6) is 0.301. The minimum atomic E-state index is -3.87. The second-order valence-electron chi connectivity index (χ2n) is 5.61. The molecule has 4 rings (SSSR count). The third-order valence-electron chi connectivity index (χ3n) is 4.12. The van der Waals surface area contributed by atoms with E-state index in [9.17, 15) is 8.42 Å². The molecule has 3 aromatic carbocycles. The molecule has 4 aromatic rings. The van der Waals surface area contributed by atoms with Crippen molar-refractivity contribution in [1.29, 1.82) is 0 Å². The molecule has 24 heavy (non-hydrogen) atoms. The highest BCUT2D eigenvalue weighted by Gasteiger charge is 2.19. The molecule has 0 radical (unpaired) electrons. The summed E-state index contributed by atoms with van der Waals surface area (Å²) in [6, 6.07) is 21.5. The Kier molecular flexibility index (Phi) is 3.32. The van der Waals surface area contributed by atoms with Crippen LogP contribution in [0.4, 0.5) is 0 Å². The second kappa shape index (κ2) is 5.39. The Morgan fingerprint density at radius 3 is 2.25 bits per heavy atom. The third-order valence-corrected chi connectivity index (χ3v) is 5.37. The van der Waals surface area contributed by atoms with Gasteiger partial charge in [0.25, 0.3) is 0 Å². The Morgan fingerprint density at radius 1 is 0.792 bits per heavy atom. The molecule has 0 bridgehead atoms. The Labute approximate surface area is 140 Å². The predicted molar refractivity (Wildman–Crippen MR) is 94.7 cm³/mol. The Balaban J connectivity index is 1.87. The first-order chi connectivity index (χ1) is 11.6. The van der Waals surface area contributed by atoms with E-state index in [2.05, 4.69) is 4.57 Å². The fourth-order valence-corrected chi connectivity index (χ4v) is 3.91. The number of aryl methyl sites for hydroxylation is 1. The van der Waals surface area contributed by atoms with Crippen LogP contribution >= 0.6 is 0 Å². The van der Waals surface area contributed by atoms with Crippen molar-refractivity contribution in [1.82, 2.24) is 4.57 Å². The molecule has 5 heteroatoms. The van der Waals surface area contributed by atoms with Crippen LogP contribution in [0.25, 0.3) is 21.8 Å². The van der Waals surface area contributed by atoms with Crippen molar-refractivity contribution in [3.8, 4) is 5.75 Å². The third kappa shape index (κ3) is 2.34. The van der Waals surface area contributed by atoms with E-state index in [-0.39, 0.29) is 4.90 Å². The molecule has 1 heterocycles. The lowest BCUT2D eigenvalue weighted by Gasteiger charge is -2.07. The van der Waals surface area contributed by atoms with E-state index >= 15 is 0 Å². The molecular formula is C19H15NO3S. The first-order valence-corrected chi connectivity index (χ1v) is 8.94. The quantitative estimate of drug-likeness (QED) is 0.529. The Hall–Kier alpha value is -2.79. The molecule has 0 N–H and O–H groups in total. The van der Waals surface area contributed by atoms with Crippen LogP contribution < -0.4 is 4.18 Å². The molecule has 0 saturated heterocycles. The lowest BCUT2D eigenvalue weighted by atomic mass is 10.1. The van der Waals surface area contributed by atoms with Gasteiger partial charge >= 0.3 is 10.1 Å². The molecular weight excluding hydrogens is 322 g/mol. The maximum Gasteiger partial charge on any atom is 0.339 e. The lowest BCUT2D eigenvalue weighted by Crippen LogP contribution is -2.09. The zero-order valence-electron chi connectivity index (χ0n) is 13.0. The smallest absolute Gasteiger partial charge is 0.339 e. The van der Waals surface area contributed by atoms with Crippen molar-refractivity contribution in [3.05, 3.63) is 72.8 Å². The topological polar surface area (TPSA) is 48.3 Å². The van der Waals surface area contributed by atoms with E-state index < -0.39 is 10.1 Å². The zero-order chi connectivity index (χ0) is 16.7. The molecule has 4 nitrogen and oxygen atoms in total. The van der Waals surface area contributed by atoms with Gasteiger partial charge in [-0.2, -0.15) is 8.42 Å². The summed E-state index contributed by atoms with van der Waals surface area (Å²) in [6.07, 6.45) is 0. The minimum absolute atomic E-state index is 0.148. The van der Waals surface area contributed by atoms with E-state index in [1.54, 1.807) is 36.4 Å². The Morgan fingerprint density at radius 2 is 1.46 bits per heavy atom. The maximum absolute atomic E-state index is 12.6. The number of rotatable bonds is 3. The van der Waals surface area contributed by atoms with Crippen molar-refractivity contribution in [2.75, 3.05) is 0 Å². The molecule has 0 unspecified atom stereocenters. The molecule has 1 aromatic heterocycles. The SMILES string of the molecule is Cn1c2ccccc2c2cc(S(=O)(=O)Oc3ccccc3)ccc21. The summed E-state index contributed by atoms with van der Waals surface area (Å²) in [5.41, 5.74) is 2.04. The Bertz CT molecular complexity index is 1150. The molecule has 0 aliphatic rings. The number of para-hydroxylation sites is 2. The van der Waals surface area contributed by atoms with Crippen LogP contribution in [0, 0.1) is 0 Å². The van der Waals surface area contributed by atoms with Crippen molar-refractivity contribution < 1.29 is 12.6 Å². The van der Waals surface area contributed by atoms with Gasteiger partial charge in [-0.05, 0) is 36.4 Å². The number of hydrogen-bond acceptors (Lipinski definition) is 3. The van der Waals surface area contributed by atoms with Crippen molar-refractivity contribution in [3.63, 3.8) is 0 Å². The summed E-state index contributed by atoms with van der Waals surface area (Å²) in [4.78, 5) is 0.148. The largest absolute Gasteiger partial charge is 0.379 e. The molecule has 0 spiro atoms. The molecule has 120 valence electrons. The van der Waals surface area contributed by atoms with Crippen LogP contribution in [0.1, 0.15) is 0 Å². The predicted octanol–water partition coefficient (Wildman–Crippen LogP) is 4.10. The first-order valence-electron chi connectivity index (χ1n) is 7.53. The average Bonchev–Trinajstić information content (AvgIpc) is 2.88. The van der Waals surface area contributed by atoms with Gasteiger partial charge in [0.05, 0.1) is 0 Å². The van der Waals surface area contributed by atoms with Gasteiger partial charge in [0.1, 0.15) is 10.6 Å². The summed E-state index contributed by atoms with van der Waals surface area (Å²) in [5, 5.41) is 1.91. The highest BCUT2D eigenvalue weighted by atomic mass is 32.2. The van der Waals surface area contributed by atoms with E-state index in [0.29, 0.717) is 5.75 Å². The van der Waals surface area contributed by atoms with Gasteiger partial charge in [0.15, 0.2) is 0 Å². The molecule has 0 aliphatic carbocycles. The van der Waals surface area contributed by atoms with Gasteiger partial charge in [-0.25, -0.2) is 0 Å². The first kappa shape index (κ1) is 14.8. The number of fused-ring (bicyclic) bond motifs is 3. The molecule has 0 aliphatic heterocycles. The summed E-state index contributed by atoms with van der Waals surface area (Å²) >= 11 is 0. The fourth-order valence-electron chi connectivity index (χ4n) is 2.95. The van der Waals surface area contributed by atoms with Crippen LogP contribution in [0.15, 0.2) is 77.7 Å². The van der Waals surface area contributed by atoms with Gasteiger partial charge in [0.2, 0.25) is 0 Å². The lowest BCUT2D eigenvalue weighted by molar-refractivity contribution is 0.486. The van der Waals surface area contributed by atoms with Crippen LogP contribution in [-0.4, -0.2) is 13.0 Å². The fraction of sp³-hybridized carbons (Fsp3) is 0.0526. The van der Waals surface area contributed by atoms with Crippen molar-refractivity contribution >= 4 is 31.9 Å². The van der Waals surface area contributed by atoms with Crippen molar-refractivity contribution in [2.45, 2.75) is 4.90 Å². The highest BCUT2D eigenvalue weighted by Crippen LogP contribution is 2.30. The zero-order valence-corrected chi connectivity index (χ0v) is 13.8. The molecule has 0 amide bonds. The van der Waals surface area contributed by atoms with Crippen molar-refractivity contribution in [2.24, 2.45) is 7.05 Å². The van der Waals surface area contributed by atoms with Gasteiger partial charge < -0.3 is 8.75 Å². The van der Waals surface area contributed by atoms with Gasteiger partial charge in [0, 0.05) is 28.9 Å². The van der Waals surface area contributed by atoms with Crippen LogP contribution in [0.5, 0.6) is 5.75 Å². The number of nitrogens with zero attached hydrogens (tertiary/aromatic N) is 1. The van der Waals surface area contributed by atoms with Crippen LogP contribution in [0.3, 0.4) is 0 Å². The normalized spacial score (nSPS) is 11.9. The summed E-state index contributed by atoms with van der Waals surface area (Å²) in [7, 11) is -1.90. The summed E-state index contributed by atoms with van der Waals surface area (Å²) in [6.45, 7) is 0. The number of aromatic nitrogens is 1. The van der Waals surface area contributed by atoms with E-state index in [1.165, 1.54) is 0 Å². The van der Waals surface area contributed by atoms with E-state index in [1.807, 2.05) is 43.4 Å². The minimum Gasteiger partial charge on any atom is -0.379 e. The average molecular weight is 337 g/mol. The van der Waals surface area contributed by atoms with Crippen LogP contribution in [-0.2, 0) is 17.2 Å². The summed E-state index contributed by atoms with van der Waals surface area (Å²) < 4.78 is 32.4. The highest BCUT2D eigenvalue weighted by molar-refractivity contribution is 7.87. The maximum atomic E-state index is 12.6. The molecule has 0 atom stereocenters. The van der Waals surface area contributed by atoms with Crippen LogP contribution in [0.2, 0.25) is 0 Å². The standard InChI is InChI=1S/C19H15NO3S/c1-20-18-10-6-5-9-16(18)17-13-15(11-12-19(17)20)24(21,22)23-14-7-3-2-4-8-14/h2-13H,1H3. The molecule has 0 saturated carbocycles. The monoisotopic (exact) mass is 337 g/mol. The second-order valence-corrected chi connectivity index (χ2v) is 7.15. The van der Waals surface area contributed by atoms with Gasteiger partial charge in [-0.3, -0.25) is 0 Å². The van der Waals surface area contributed by atoms with Gasteiger partial charge in [-0.1, -0.05) is 36.4 Å². The molecule has 0 fully saturated rings. The number of benzene rings is 3. The van der Waals surface area contributed by atoms with E-state index in [4.69, 9.17) is 4.18 Å². The van der Waals surface area contributed by atoms with Gasteiger partial charge in [-0.15, -0.1) is 0 Å². The van der Waals surface area contributed by atoms with E-state index in [0.717, 1.165) is 21.8 Å². The number of hydrogen-bond donors (Lipinski definition) is 0.